The van der Waals surface area contributed by atoms with Crippen LogP contribution in [0.5, 0.6) is 0 Å². The number of urea groups is 1. The maximum absolute atomic E-state index is 12.0. The van der Waals surface area contributed by atoms with E-state index in [0.717, 1.165) is 6.54 Å². The van der Waals surface area contributed by atoms with Gasteiger partial charge in [0.1, 0.15) is 11.4 Å². The fraction of sp³-hybridized carbons (Fsp3) is 0.688. The minimum absolute atomic E-state index is 0.0107. The van der Waals surface area contributed by atoms with Crippen molar-refractivity contribution in [1.82, 2.24) is 15.5 Å². The highest BCUT2D eigenvalue weighted by Gasteiger charge is 2.30. The zero-order chi connectivity index (χ0) is 17.0. The van der Waals surface area contributed by atoms with Gasteiger partial charge in [0.05, 0.1) is 12.8 Å². The molecule has 22 heavy (non-hydrogen) atoms. The van der Waals surface area contributed by atoms with Crippen molar-refractivity contribution in [3.63, 3.8) is 0 Å². The van der Waals surface area contributed by atoms with Crippen molar-refractivity contribution >= 4 is 6.03 Å². The van der Waals surface area contributed by atoms with Gasteiger partial charge in [-0.05, 0) is 45.5 Å². The first-order valence-electron chi connectivity index (χ1n) is 7.50. The Hall–Kier alpha value is -1.53. The first-order chi connectivity index (χ1) is 10.0. The number of nitrogens with one attached hydrogen (secondary N) is 2. The molecule has 0 bridgehead atoms. The van der Waals surface area contributed by atoms with Crippen molar-refractivity contribution in [1.29, 1.82) is 0 Å². The molecule has 0 aliphatic rings. The Bertz CT molecular complexity index is 467. The predicted molar refractivity (Wildman–Crippen MR) is 86.6 cm³/mol. The third kappa shape index (κ3) is 5.35. The molecule has 6 nitrogen and oxygen atoms in total. The topological polar surface area (TPSA) is 77.7 Å². The standard InChI is InChI=1S/C16H29N3O3/c1-12(15(2,3)11-19(5)6)18-14(20)17-10-16(4,21)13-8-7-9-22-13/h7-9,12,21H,10-11H2,1-6H3,(H2,17,18,20). The van der Waals surface area contributed by atoms with Crippen LogP contribution in [0.15, 0.2) is 22.8 Å². The zero-order valence-corrected chi connectivity index (χ0v) is 14.4. The summed E-state index contributed by atoms with van der Waals surface area (Å²) in [4.78, 5) is 14.1. The van der Waals surface area contributed by atoms with E-state index in [2.05, 4.69) is 29.4 Å². The maximum Gasteiger partial charge on any atom is 0.315 e. The van der Waals surface area contributed by atoms with Crippen LogP contribution >= 0.6 is 0 Å². The molecule has 0 fully saturated rings. The summed E-state index contributed by atoms with van der Waals surface area (Å²) in [7, 11) is 4.02. The molecule has 1 heterocycles. The molecule has 2 amide bonds. The molecular formula is C16H29N3O3. The Labute approximate surface area is 132 Å². The van der Waals surface area contributed by atoms with Crippen molar-refractivity contribution in [2.24, 2.45) is 5.41 Å². The molecule has 1 aromatic rings. The van der Waals surface area contributed by atoms with Gasteiger partial charge in [-0.2, -0.15) is 0 Å². The number of nitrogens with zero attached hydrogens (tertiary/aromatic N) is 1. The molecule has 6 heteroatoms. The van der Waals surface area contributed by atoms with Gasteiger partial charge < -0.3 is 25.1 Å². The van der Waals surface area contributed by atoms with Gasteiger partial charge >= 0.3 is 6.03 Å². The van der Waals surface area contributed by atoms with E-state index in [1.54, 1.807) is 19.1 Å². The van der Waals surface area contributed by atoms with Crippen LogP contribution in [0.1, 0.15) is 33.5 Å². The van der Waals surface area contributed by atoms with Crippen LogP contribution < -0.4 is 10.6 Å². The van der Waals surface area contributed by atoms with E-state index in [1.165, 1.54) is 6.26 Å². The van der Waals surface area contributed by atoms with Crippen LogP contribution in [0.3, 0.4) is 0 Å². The van der Waals surface area contributed by atoms with Crippen LogP contribution in [-0.2, 0) is 5.60 Å². The van der Waals surface area contributed by atoms with Crippen molar-refractivity contribution in [2.75, 3.05) is 27.2 Å². The van der Waals surface area contributed by atoms with E-state index in [9.17, 15) is 9.90 Å². The molecule has 1 aromatic heterocycles. The predicted octanol–water partition coefficient (Wildman–Crippen LogP) is 1.76. The number of amides is 2. The second-order valence-electron chi connectivity index (χ2n) is 7.03. The maximum atomic E-state index is 12.0. The van der Waals surface area contributed by atoms with Gasteiger partial charge in [-0.15, -0.1) is 0 Å². The number of carbonyl (C=O) groups excluding carboxylic acids is 1. The Morgan fingerprint density at radius 2 is 2.05 bits per heavy atom. The number of rotatable bonds is 7. The van der Waals surface area contributed by atoms with Crippen molar-refractivity contribution in [3.05, 3.63) is 24.2 Å². The molecule has 0 radical (unpaired) electrons. The lowest BCUT2D eigenvalue weighted by atomic mass is 9.85. The molecule has 0 saturated heterocycles. The molecule has 126 valence electrons. The molecule has 3 N–H and O–H groups in total. The van der Waals surface area contributed by atoms with Gasteiger partial charge in [0.2, 0.25) is 0 Å². The van der Waals surface area contributed by atoms with E-state index in [4.69, 9.17) is 4.42 Å². The highest BCUT2D eigenvalue weighted by molar-refractivity contribution is 5.74. The molecule has 0 spiro atoms. The summed E-state index contributed by atoms with van der Waals surface area (Å²) in [5.74, 6) is 0.425. The summed E-state index contributed by atoms with van der Waals surface area (Å²) in [5.41, 5.74) is -1.30. The van der Waals surface area contributed by atoms with E-state index < -0.39 is 5.60 Å². The average Bonchev–Trinajstić information content (AvgIpc) is 2.89. The lowest BCUT2D eigenvalue weighted by Crippen LogP contribution is -2.52. The van der Waals surface area contributed by atoms with Crippen LogP contribution in [0.25, 0.3) is 0 Å². The number of hydrogen-bond donors (Lipinski definition) is 3. The summed E-state index contributed by atoms with van der Waals surface area (Å²) >= 11 is 0. The van der Waals surface area contributed by atoms with Gasteiger partial charge in [-0.25, -0.2) is 4.79 Å². The molecular weight excluding hydrogens is 282 g/mol. The largest absolute Gasteiger partial charge is 0.466 e. The summed E-state index contributed by atoms with van der Waals surface area (Å²) in [6.07, 6.45) is 1.50. The second kappa shape index (κ2) is 7.15. The SMILES string of the molecule is CC(NC(=O)NCC(C)(O)c1ccco1)C(C)(C)CN(C)C. The van der Waals surface area contributed by atoms with Crippen LogP contribution in [-0.4, -0.2) is 49.3 Å². The van der Waals surface area contributed by atoms with E-state index >= 15 is 0 Å². The normalized spacial score (nSPS) is 16.2. The lowest BCUT2D eigenvalue weighted by Gasteiger charge is -2.35. The first kappa shape index (κ1) is 18.5. The molecule has 2 unspecified atom stereocenters. The lowest BCUT2D eigenvalue weighted by molar-refractivity contribution is 0.0364. The van der Waals surface area contributed by atoms with E-state index in [-0.39, 0.29) is 24.0 Å². The molecule has 0 saturated carbocycles. The Morgan fingerprint density at radius 1 is 1.41 bits per heavy atom. The number of carbonyl (C=O) groups is 1. The smallest absolute Gasteiger partial charge is 0.315 e. The monoisotopic (exact) mass is 311 g/mol. The fourth-order valence-corrected chi connectivity index (χ4v) is 2.32. The highest BCUT2D eigenvalue weighted by atomic mass is 16.4. The van der Waals surface area contributed by atoms with Gasteiger partial charge in [-0.1, -0.05) is 13.8 Å². The fourth-order valence-electron chi connectivity index (χ4n) is 2.32. The molecule has 0 aromatic carbocycles. The van der Waals surface area contributed by atoms with E-state index in [1.807, 2.05) is 21.0 Å². The summed E-state index contributed by atoms with van der Waals surface area (Å²) in [6.45, 7) is 8.74. The minimum Gasteiger partial charge on any atom is -0.466 e. The van der Waals surface area contributed by atoms with Gasteiger partial charge in [-0.3, -0.25) is 0 Å². The summed E-state index contributed by atoms with van der Waals surface area (Å²) < 4.78 is 5.18. The van der Waals surface area contributed by atoms with Crippen LogP contribution in [0.4, 0.5) is 4.79 Å². The summed E-state index contributed by atoms with van der Waals surface area (Å²) in [5, 5.41) is 15.9. The van der Waals surface area contributed by atoms with Crippen molar-refractivity contribution < 1.29 is 14.3 Å². The second-order valence-corrected chi connectivity index (χ2v) is 7.03. The van der Waals surface area contributed by atoms with E-state index in [0.29, 0.717) is 5.76 Å². The highest BCUT2D eigenvalue weighted by Crippen LogP contribution is 2.22. The number of hydrogen-bond acceptors (Lipinski definition) is 4. The zero-order valence-electron chi connectivity index (χ0n) is 14.4. The van der Waals surface area contributed by atoms with Crippen molar-refractivity contribution in [2.45, 2.75) is 39.3 Å². The van der Waals surface area contributed by atoms with Crippen LogP contribution in [0, 0.1) is 5.41 Å². The number of furan rings is 1. The molecule has 0 aliphatic heterocycles. The van der Waals surface area contributed by atoms with Crippen LogP contribution in [0.2, 0.25) is 0 Å². The minimum atomic E-state index is -1.23. The Balaban J connectivity index is 2.49. The quantitative estimate of drug-likeness (QED) is 0.717. The third-order valence-electron chi connectivity index (χ3n) is 3.89. The molecule has 0 aliphatic carbocycles. The van der Waals surface area contributed by atoms with Gasteiger partial charge in [0.25, 0.3) is 0 Å². The summed E-state index contributed by atoms with van der Waals surface area (Å²) in [6, 6.07) is 3.08. The van der Waals surface area contributed by atoms with Gasteiger partial charge in [0.15, 0.2) is 0 Å². The molecule has 1 rings (SSSR count). The molecule has 2 atom stereocenters. The Morgan fingerprint density at radius 3 is 2.55 bits per heavy atom. The van der Waals surface area contributed by atoms with Crippen molar-refractivity contribution in [3.8, 4) is 0 Å². The third-order valence-corrected chi connectivity index (χ3v) is 3.89. The number of aliphatic hydroxyl groups is 1. The first-order valence-corrected chi connectivity index (χ1v) is 7.50. The average molecular weight is 311 g/mol. The Kier molecular flexibility index (Phi) is 6.02. The van der Waals surface area contributed by atoms with Gasteiger partial charge in [0, 0.05) is 12.6 Å².